The quantitative estimate of drug-likeness (QED) is 0.0742. The second-order valence-electron chi connectivity index (χ2n) is 10.7. The van der Waals surface area contributed by atoms with Crippen LogP contribution in [-0.4, -0.2) is 68.8 Å². The third kappa shape index (κ3) is 8.73. The molecule has 0 spiro atoms. The summed E-state index contributed by atoms with van der Waals surface area (Å²) in [6, 6.07) is 8.70. The van der Waals surface area contributed by atoms with Crippen molar-refractivity contribution in [3.05, 3.63) is 60.1 Å². The van der Waals surface area contributed by atoms with Gasteiger partial charge in [0.2, 0.25) is 5.91 Å². The predicted octanol–water partition coefficient (Wildman–Crippen LogP) is 4.20. The van der Waals surface area contributed by atoms with Crippen molar-refractivity contribution in [2.45, 2.75) is 38.1 Å². The summed E-state index contributed by atoms with van der Waals surface area (Å²) in [7, 11) is -2.99. The molecule has 14 nitrogen and oxygen atoms in total. The van der Waals surface area contributed by atoms with Crippen molar-refractivity contribution < 1.29 is 41.9 Å². The van der Waals surface area contributed by atoms with Gasteiger partial charge in [-0.15, -0.1) is 0 Å². The number of hydrogen-bond donors (Lipinski definition) is 6. The van der Waals surface area contributed by atoms with Crippen molar-refractivity contribution >= 4 is 42.0 Å². The van der Waals surface area contributed by atoms with Crippen LogP contribution < -0.4 is 25.4 Å². The summed E-state index contributed by atoms with van der Waals surface area (Å²) in [5, 5.41) is 16.3. The zero-order valence-electron chi connectivity index (χ0n) is 24.8. The number of phosphoric ester groups is 1. The standard InChI is InChI=1S/C29H34F2N7O7P/c1-43-24-14-19-23(15-25(24)44-10-8-21(17-4-2-5-17)32-9-11-45-46(40,41)42)33-16-34-29(19)36-26-12-18(37-38-26)13-27(39)35-22-7-3-6-20(30)28(22)31/h3,6-7,12,14-17,21,32H,2,4-5,8-11,13H2,1H3,(H,35,39)(H2,40,41,42)(H2,33,34,36,37,38). The molecule has 2 heterocycles. The van der Waals surface area contributed by atoms with Crippen LogP contribution in [0.2, 0.25) is 0 Å². The molecule has 1 unspecified atom stereocenters. The van der Waals surface area contributed by atoms with Crippen molar-refractivity contribution in [2.75, 3.05) is 37.5 Å². The van der Waals surface area contributed by atoms with Crippen LogP contribution in [0.5, 0.6) is 11.5 Å². The number of phosphoric acid groups is 1. The minimum Gasteiger partial charge on any atom is -0.493 e. The number of fused-ring (bicyclic) bond motifs is 1. The van der Waals surface area contributed by atoms with Crippen molar-refractivity contribution in [2.24, 2.45) is 5.92 Å². The maximum atomic E-state index is 13.9. The highest BCUT2D eigenvalue weighted by Crippen LogP contribution is 2.37. The Morgan fingerprint density at radius 2 is 1.98 bits per heavy atom. The van der Waals surface area contributed by atoms with Gasteiger partial charge in [-0.05, 0) is 43.4 Å². The second kappa shape index (κ2) is 14.9. The first-order valence-electron chi connectivity index (χ1n) is 14.5. The maximum absolute atomic E-state index is 13.9. The summed E-state index contributed by atoms with van der Waals surface area (Å²) in [6.45, 7) is 0.564. The lowest BCUT2D eigenvalue weighted by molar-refractivity contribution is -0.115. The van der Waals surface area contributed by atoms with E-state index in [2.05, 4.69) is 40.6 Å². The van der Waals surface area contributed by atoms with Crippen LogP contribution in [0, 0.1) is 17.6 Å². The number of anilines is 3. The molecule has 1 saturated carbocycles. The molecule has 1 aliphatic carbocycles. The lowest BCUT2D eigenvalue weighted by atomic mass is 9.78. The molecule has 0 saturated heterocycles. The fourth-order valence-electron chi connectivity index (χ4n) is 5.09. The van der Waals surface area contributed by atoms with Gasteiger partial charge in [0.15, 0.2) is 29.0 Å². The van der Waals surface area contributed by atoms with E-state index in [1.165, 1.54) is 25.6 Å². The molecule has 1 aliphatic rings. The molecular weight excluding hydrogens is 627 g/mol. The number of methoxy groups -OCH3 is 1. The lowest BCUT2D eigenvalue weighted by Gasteiger charge is -2.34. The molecule has 0 radical (unpaired) electrons. The van der Waals surface area contributed by atoms with Gasteiger partial charge in [0.25, 0.3) is 0 Å². The molecule has 1 atom stereocenters. The Bertz CT molecular complexity index is 1720. The van der Waals surface area contributed by atoms with Crippen LogP contribution in [0.3, 0.4) is 0 Å². The van der Waals surface area contributed by atoms with Crippen molar-refractivity contribution in [1.29, 1.82) is 0 Å². The number of carbonyl (C=O) groups excluding carboxylic acids is 1. The first-order valence-corrected chi connectivity index (χ1v) is 16.1. The highest BCUT2D eigenvalue weighted by atomic mass is 31.2. The van der Waals surface area contributed by atoms with E-state index in [4.69, 9.17) is 19.3 Å². The van der Waals surface area contributed by atoms with E-state index in [1.807, 2.05) is 0 Å². The molecule has 2 aromatic carbocycles. The third-order valence-corrected chi connectivity index (χ3v) is 8.07. The largest absolute Gasteiger partial charge is 0.493 e. The average molecular weight is 662 g/mol. The van der Waals surface area contributed by atoms with Gasteiger partial charge in [0.1, 0.15) is 12.1 Å². The lowest BCUT2D eigenvalue weighted by Crippen LogP contribution is -2.42. The first kappa shape index (κ1) is 33.2. The highest BCUT2D eigenvalue weighted by molar-refractivity contribution is 7.46. The fourth-order valence-corrected chi connectivity index (χ4v) is 5.42. The second-order valence-corrected chi connectivity index (χ2v) is 11.9. The van der Waals surface area contributed by atoms with Crippen LogP contribution in [-0.2, 0) is 20.3 Å². The van der Waals surface area contributed by atoms with Gasteiger partial charge in [0, 0.05) is 35.8 Å². The molecule has 2 aromatic heterocycles. The maximum Gasteiger partial charge on any atom is 0.469 e. The summed E-state index contributed by atoms with van der Waals surface area (Å²) >= 11 is 0. The Morgan fingerprint density at radius 3 is 2.72 bits per heavy atom. The van der Waals surface area contributed by atoms with Crippen LogP contribution in [0.25, 0.3) is 10.9 Å². The van der Waals surface area contributed by atoms with Gasteiger partial charge in [-0.2, -0.15) is 5.10 Å². The highest BCUT2D eigenvalue weighted by Gasteiger charge is 2.27. The van der Waals surface area contributed by atoms with Crippen LogP contribution in [0.4, 0.5) is 26.1 Å². The fraction of sp³-hybridized carbons (Fsp3) is 0.379. The van der Waals surface area contributed by atoms with Gasteiger partial charge in [-0.25, -0.2) is 23.3 Å². The molecule has 246 valence electrons. The molecule has 1 fully saturated rings. The van der Waals surface area contributed by atoms with Gasteiger partial charge >= 0.3 is 7.82 Å². The Labute approximate surface area is 262 Å². The third-order valence-electron chi connectivity index (χ3n) is 7.55. The van der Waals surface area contributed by atoms with E-state index in [1.54, 1.807) is 18.2 Å². The van der Waals surface area contributed by atoms with Gasteiger partial charge in [-0.1, -0.05) is 12.5 Å². The Kier molecular flexibility index (Phi) is 10.8. The Hall–Kier alpha value is -4.21. The van der Waals surface area contributed by atoms with E-state index in [9.17, 15) is 18.1 Å². The smallest absolute Gasteiger partial charge is 0.469 e. The van der Waals surface area contributed by atoms with E-state index in [-0.39, 0.29) is 24.8 Å². The number of nitrogens with zero attached hydrogens (tertiary/aromatic N) is 3. The number of rotatable bonds is 16. The number of halogens is 2. The summed E-state index contributed by atoms with van der Waals surface area (Å²) in [4.78, 5) is 38.9. The number of aromatic nitrogens is 4. The van der Waals surface area contributed by atoms with Crippen LogP contribution in [0.1, 0.15) is 31.4 Å². The monoisotopic (exact) mass is 661 g/mol. The topological polar surface area (TPSA) is 193 Å². The summed E-state index contributed by atoms with van der Waals surface area (Å²) in [5.41, 5.74) is 0.741. The summed E-state index contributed by atoms with van der Waals surface area (Å²) < 4.78 is 54.5. The van der Waals surface area contributed by atoms with E-state index >= 15 is 0 Å². The zero-order valence-corrected chi connectivity index (χ0v) is 25.7. The number of nitrogens with one attached hydrogen (secondary N) is 4. The van der Waals surface area contributed by atoms with Gasteiger partial charge in [0.05, 0.1) is 37.9 Å². The zero-order chi connectivity index (χ0) is 32.7. The van der Waals surface area contributed by atoms with E-state index in [0.29, 0.717) is 65.2 Å². The van der Waals surface area contributed by atoms with Crippen LogP contribution >= 0.6 is 7.82 Å². The molecule has 5 rings (SSSR count). The number of amides is 1. The van der Waals surface area contributed by atoms with E-state index < -0.39 is 25.4 Å². The van der Waals surface area contributed by atoms with E-state index in [0.717, 1.165) is 25.3 Å². The summed E-state index contributed by atoms with van der Waals surface area (Å²) in [5.74, 6) is -0.584. The normalized spacial score (nSPS) is 14.1. The SMILES string of the molecule is COc1cc2c(Nc3cc(CC(=O)Nc4cccc(F)c4F)[nH]n3)ncnc2cc1OCCC(NCCOP(=O)(O)O)C1CCC1. The van der Waals surface area contributed by atoms with Crippen molar-refractivity contribution in [3.8, 4) is 11.5 Å². The molecular formula is C29H34F2N7O7P. The van der Waals surface area contributed by atoms with Gasteiger partial charge < -0.3 is 35.2 Å². The first-order chi connectivity index (χ1) is 22.1. The predicted molar refractivity (Wildman–Crippen MR) is 164 cm³/mol. The molecule has 0 aliphatic heterocycles. The number of benzene rings is 2. The van der Waals surface area contributed by atoms with Crippen LogP contribution in [0.15, 0.2) is 42.7 Å². The number of H-pyrrole nitrogens is 1. The minimum atomic E-state index is -4.51. The Balaban J connectivity index is 1.20. The van der Waals surface area contributed by atoms with Crippen molar-refractivity contribution in [3.63, 3.8) is 0 Å². The molecule has 4 aromatic rings. The number of ether oxygens (including phenoxy) is 2. The van der Waals surface area contributed by atoms with Gasteiger partial charge in [-0.3, -0.25) is 14.4 Å². The van der Waals surface area contributed by atoms with Crippen molar-refractivity contribution in [1.82, 2.24) is 25.5 Å². The molecule has 6 N–H and O–H groups in total. The number of hydrogen-bond acceptors (Lipinski definition) is 10. The summed E-state index contributed by atoms with van der Waals surface area (Å²) in [6.07, 6.45) is 5.16. The molecule has 1 amide bonds. The minimum absolute atomic E-state index is 0.102. The number of carbonyl (C=O) groups is 1. The molecule has 0 bridgehead atoms. The molecule has 17 heteroatoms. The molecule has 46 heavy (non-hydrogen) atoms. The average Bonchev–Trinajstić information content (AvgIpc) is 3.42. The number of aromatic amines is 1. The Morgan fingerprint density at radius 1 is 1.15 bits per heavy atom.